The van der Waals surface area contributed by atoms with E-state index in [4.69, 9.17) is 4.74 Å². The maximum atomic E-state index is 5.36. The molecule has 2 heterocycles. The van der Waals surface area contributed by atoms with Gasteiger partial charge in [-0.3, -0.25) is 4.90 Å². The molecule has 0 unspecified atom stereocenters. The molecule has 0 saturated carbocycles. The van der Waals surface area contributed by atoms with Gasteiger partial charge in [0.05, 0.1) is 18.7 Å². The van der Waals surface area contributed by atoms with Crippen LogP contribution < -0.4 is 5.32 Å². The Kier molecular flexibility index (Phi) is 4.62. The Morgan fingerprint density at radius 2 is 2.10 bits per heavy atom. The van der Waals surface area contributed by atoms with Crippen LogP contribution in [0.25, 0.3) is 10.9 Å². The Labute approximate surface area is 125 Å². The highest BCUT2D eigenvalue weighted by atomic mass is 16.5. The molecule has 0 spiro atoms. The number of anilines is 1. The molecule has 1 aliphatic rings. The lowest BCUT2D eigenvalue weighted by Crippen LogP contribution is -2.37. The monoisotopic (exact) mass is 286 g/mol. The van der Waals surface area contributed by atoms with E-state index in [1.54, 1.807) is 6.33 Å². The molecule has 0 amide bonds. The molecule has 0 atom stereocenters. The van der Waals surface area contributed by atoms with Crippen LogP contribution in [0.5, 0.6) is 0 Å². The van der Waals surface area contributed by atoms with Crippen LogP contribution in [0.1, 0.15) is 12.0 Å². The quantitative estimate of drug-likeness (QED) is 0.853. The Morgan fingerprint density at radius 3 is 2.95 bits per heavy atom. The fraction of sp³-hybridized carbons (Fsp3) is 0.500. The van der Waals surface area contributed by atoms with Crippen molar-refractivity contribution >= 4 is 16.7 Å². The number of nitrogens with zero attached hydrogens (tertiary/aromatic N) is 3. The van der Waals surface area contributed by atoms with Crippen molar-refractivity contribution in [3.05, 3.63) is 30.1 Å². The Balaban J connectivity index is 1.58. The zero-order chi connectivity index (χ0) is 14.5. The number of benzene rings is 1. The first-order valence-corrected chi connectivity index (χ1v) is 7.59. The predicted molar refractivity (Wildman–Crippen MR) is 84.6 cm³/mol. The van der Waals surface area contributed by atoms with E-state index in [1.165, 1.54) is 5.56 Å². The van der Waals surface area contributed by atoms with Crippen molar-refractivity contribution in [2.24, 2.45) is 0 Å². The molecule has 21 heavy (non-hydrogen) atoms. The van der Waals surface area contributed by atoms with E-state index in [9.17, 15) is 0 Å². The Hall–Kier alpha value is -1.72. The molecule has 112 valence electrons. The minimum atomic E-state index is 0.864. The van der Waals surface area contributed by atoms with Crippen LogP contribution >= 0.6 is 0 Å². The topological polar surface area (TPSA) is 50.3 Å². The smallest absolute Gasteiger partial charge is 0.137 e. The van der Waals surface area contributed by atoms with E-state index in [-0.39, 0.29) is 0 Å². The van der Waals surface area contributed by atoms with E-state index in [2.05, 4.69) is 33.2 Å². The van der Waals surface area contributed by atoms with Crippen molar-refractivity contribution in [3.8, 4) is 0 Å². The van der Waals surface area contributed by atoms with Crippen LogP contribution in [-0.2, 0) is 4.74 Å². The highest BCUT2D eigenvalue weighted by molar-refractivity contribution is 5.91. The summed E-state index contributed by atoms with van der Waals surface area (Å²) in [6.07, 6.45) is 2.74. The number of rotatable bonds is 5. The largest absolute Gasteiger partial charge is 0.379 e. The molecule has 1 aromatic carbocycles. The summed E-state index contributed by atoms with van der Waals surface area (Å²) in [7, 11) is 0. The average molecular weight is 286 g/mol. The average Bonchev–Trinajstić information content (AvgIpc) is 2.53. The second-order valence-corrected chi connectivity index (χ2v) is 5.43. The molecule has 1 aromatic heterocycles. The zero-order valence-corrected chi connectivity index (χ0v) is 12.5. The van der Waals surface area contributed by atoms with Crippen LogP contribution in [0, 0.1) is 6.92 Å². The maximum absolute atomic E-state index is 5.36. The van der Waals surface area contributed by atoms with Gasteiger partial charge in [0.15, 0.2) is 0 Å². The third-order valence-corrected chi connectivity index (χ3v) is 3.92. The molecule has 2 aromatic rings. The highest BCUT2D eigenvalue weighted by Gasteiger charge is 2.10. The third-order valence-electron chi connectivity index (χ3n) is 3.92. The van der Waals surface area contributed by atoms with Crippen molar-refractivity contribution in [2.45, 2.75) is 13.3 Å². The van der Waals surface area contributed by atoms with E-state index in [1.807, 2.05) is 12.1 Å². The summed E-state index contributed by atoms with van der Waals surface area (Å²) in [6, 6.07) is 6.17. The van der Waals surface area contributed by atoms with Crippen LogP contribution in [0.4, 0.5) is 5.82 Å². The summed E-state index contributed by atoms with van der Waals surface area (Å²) in [5, 5.41) is 4.59. The number of aromatic nitrogens is 2. The van der Waals surface area contributed by atoms with Gasteiger partial charge in [0.25, 0.3) is 0 Å². The molecule has 0 bridgehead atoms. The Morgan fingerprint density at radius 1 is 1.24 bits per heavy atom. The lowest BCUT2D eigenvalue weighted by molar-refractivity contribution is 0.0378. The van der Waals surface area contributed by atoms with E-state index in [0.29, 0.717) is 0 Å². The minimum absolute atomic E-state index is 0.864. The molecule has 5 nitrogen and oxygen atoms in total. The summed E-state index contributed by atoms with van der Waals surface area (Å²) in [6.45, 7) is 7.97. The van der Waals surface area contributed by atoms with Gasteiger partial charge >= 0.3 is 0 Å². The van der Waals surface area contributed by atoms with Crippen LogP contribution in [0.15, 0.2) is 24.5 Å². The normalized spacial score (nSPS) is 16.2. The van der Waals surface area contributed by atoms with Crippen molar-refractivity contribution in [1.29, 1.82) is 0 Å². The molecule has 1 aliphatic heterocycles. The maximum Gasteiger partial charge on any atom is 0.137 e. The standard InChI is InChI=1S/C16H22N4O/c1-13-4-2-5-14-15(13)16(19-12-18-14)17-6-3-7-20-8-10-21-11-9-20/h2,4-5,12H,3,6-11H2,1H3,(H,17,18,19). The summed E-state index contributed by atoms with van der Waals surface area (Å²) in [5.41, 5.74) is 2.21. The molecule has 5 heteroatoms. The molecule has 1 saturated heterocycles. The first kappa shape index (κ1) is 14.2. The van der Waals surface area contributed by atoms with Crippen LogP contribution in [0.2, 0.25) is 0 Å². The third kappa shape index (κ3) is 3.49. The van der Waals surface area contributed by atoms with Crippen LogP contribution in [-0.4, -0.2) is 54.3 Å². The molecular formula is C16H22N4O. The Bertz CT molecular complexity index is 591. The minimum Gasteiger partial charge on any atom is -0.379 e. The van der Waals surface area contributed by atoms with Crippen molar-refractivity contribution in [2.75, 3.05) is 44.7 Å². The van der Waals surface area contributed by atoms with Crippen molar-refractivity contribution in [1.82, 2.24) is 14.9 Å². The van der Waals surface area contributed by atoms with Gasteiger partial charge in [0, 0.05) is 25.0 Å². The molecule has 0 aliphatic carbocycles. The second kappa shape index (κ2) is 6.83. The fourth-order valence-corrected chi connectivity index (χ4v) is 2.75. The lowest BCUT2D eigenvalue weighted by atomic mass is 10.1. The number of aryl methyl sites for hydroxylation is 1. The molecule has 1 N–H and O–H groups in total. The fourth-order valence-electron chi connectivity index (χ4n) is 2.75. The van der Waals surface area contributed by atoms with Gasteiger partial charge in [0.2, 0.25) is 0 Å². The number of nitrogens with one attached hydrogen (secondary N) is 1. The summed E-state index contributed by atoms with van der Waals surface area (Å²) in [5.74, 6) is 0.945. The van der Waals surface area contributed by atoms with Gasteiger partial charge in [-0.2, -0.15) is 0 Å². The van der Waals surface area contributed by atoms with Crippen molar-refractivity contribution < 1.29 is 4.74 Å². The van der Waals surface area contributed by atoms with Gasteiger partial charge in [-0.05, 0) is 31.5 Å². The van der Waals surface area contributed by atoms with Gasteiger partial charge in [-0.1, -0.05) is 12.1 Å². The second-order valence-electron chi connectivity index (χ2n) is 5.43. The first-order valence-electron chi connectivity index (χ1n) is 7.59. The van der Waals surface area contributed by atoms with Crippen molar-refractivity contribution in [3.63, 3.8) is 0 Å². The predicted octanol–water partition coefficient (Wildman–Crippen LogP) is 2.07. The molecule has 3 rings (SSSR count). The van der Waals surface area contributed by atoms with Crippen LogP contribution in [0.3, 0.4) is 0 Å². The van der Waals surface area contributed by atoms with Gasteiger partial charge in [-0.25, -0.2) is 9.97 Å². The lowest BCUT2D eigenvalue weighted by Gasteiger charge is -2.26. The zero-order valence-electron chi connectivity index (χ0n) is 12.5. The number of hydrogen-bond acceptors (Lipinski definition) is 5. The number of morpholine rings is 1. The number of fused-ring (bicyclic) bond motifs is 1. The summed E-state index contributed by atoms with van der Waals surface area (Å²) < 4.78 is 5.36. The van der Waals surface area contributed by atoms with E-state index < -0.39 is 0 Å². The molecular weight excluding hydrogens is 264 g/mol. The summed E-state index contributed by atoms with van der Waals surface area (Å²) >= 11 is 0. The van der Waals surface area contributed by atoms with E-state index >= 15 is 0 Å². The molecule has 0 radical (unpaired) electrons. The first-order chi connectivity index (χ1) is 10.3. The highest BCUT2D eigenvalue weighted by Crippen LogP contribution is 2.22. The van der Waals surface area contributed by atoms with Gasteiger partial charge < -0.3 is 10.1 Å². The molecule has 1 fully saturated rings. The number of hydrogen-bond donors (Lipinski definition) is 1. The van der Waals surface area contributed by atoms with E-state index in [0.717, 1.165) is 62.5 Å². The summed E-state index contributed by atoms with van der Waals surface area (Å²) in [4.78, 5) is 11.2. The SMILES string of the molecule is Cc1cccc2ncnc(NCCCN3CCOCC3)c12. The van der Waals surface area contributed by atoms with Gasteiger partial charge in [0.1, 0.15) is 12.1 Å². The number of ether oxygens (including phenoxy) is 1. The van der Waals surface area contributed by atoms with Gasteiger partial charge in [-0.15, -0.1) is 0 Å².